The maximum Gasteiger partial charge on any atom is 0.407 e. The summed E-state index contributed by atoms with van der Waals surface area (Å²) in [6.07, 6.45) is -5.82. The van der Waals surface area contributed by atoms with Gasteiger partial charge in [0.25, 0.3) is 5.69 Å². The second-order valence-electron chi connectivity index (χ2n) is 13.9. The van der Waals surface area contributed by atoms with Crippen LogP contribution in [0, 0.1) is 16.0 Å². The zero-order valence-electron chi connectivity index (χ0n) is 29.8. The van der Waals surface area contributed by atoms with Gasteiger partial charge < -0.3 is 71.5 Å². The Balaban J connectivity index is 1.29. The van der Waals surface area contributed by atoms with Gasteiger partial charge in [0.2, 0.25) is 0 Å². The summed E-state index contributed by atoms with van der Waals surface area (Å²) < 4.78 is 28.7. The number of phenolic OH excluding ortho intramolecular Hbond substituents is 1. The highest BCUT2D eigenvalue weighted by molar-refractivity contribution is 5.68. The van der Waals surface area contributed by atoms with Gasteiger partial charge >= 0.3 is 12.2 Å². The summed E-state index contributed by atoms with van der Waals surface area (Å²) in [6, 6.07) is 8.43. The first-order chi connectivity index (χ1) is 25.7. The molecule has 19 heteroatoms. The van der Waals surface area contributed by atoms with Crippen LogP contribution in [-0.2, 0) is 36.9 Å². The molecule has 1 saturated heterocycles. The standard InChI is InChI=1S/C35H48N6O13/c1-35(47)17-52-32(28(44)31(35)38-2)54-29-24(37)13-23(36)26(27(29)43)30-25(40-34(46)51-16-18-3-7-20(8-4-18)41(48)49)12-11-22(53-30)14-39-33(45)50-15-19-5-9-21(42)10-6-19/h3-11,23-32,38,42-44,47H,12-17,36-37H2,1-2H3,(H,39,45)(H,40,46)/t23-,24+,25+,26+,27-,28+,29-,30?,31+,32+,35-/m0/s1. The fraction of sp³-hybridized carbons (Fsp3) is 0.543. The lowest BCUT2D eigenvalue weighted by atomic mass is 9.72. The fourth-order valence-corrected chi connectivity index (χ4v) is 6.98. The Morgan fingerprint density at radius 2 is 1.63 bits per heavy atom. The highest BCUT2D eigenvalue weighted by Gasteiger charge is 2.53. The van der Waals surface area contributed by atoms with Gasteiger partial charge in [0.05, 0.1) is 36.3 Å². The number of nitro benzene ring substituents is 1. The molecule has 0 spiro atoms. The van der Waals surface area contributed by atoms with Crippen LogP contribution in [0.2, 0.25) is 0 Å². The number of hydrogen-bond donors (Lipinski definition) is 9. The molecule has 0 aromatic heterocycles. The van der Waals surface area contributed by atoms with Crippen LogP contribution in [0.3, 0.4) is 0 Å². The van der Waals surface area contributed by atoms with E-state index in [9.17, 15) is 40.1 Å². The Hall–Kier alpha value is -4.60. The number of benzene rings is 2. The Labute approximate surface area is 310 Å². The van der Waals surface area contributed by atoms with Gasteiger partial charge in [-0.15, -0.1) is 0 Å². The van der Waals surface area contributed by atoms with Gasteiger partial charge in [-0.1, -0.05) is 12.1 Å². The van der Waals surface area contributed by atoms with Crippen LogP contribution >= 0.6 is 0 Å². The van der Waals surface area contributed by atoms with Gasteiger partial charge in [0.1, 0.15) is 48.6 Å². The molecule has 296 valence electrons. The number of nitrogens with zero attached hydrogens (tertiary/aromatic N) is 1. The van der Waals surface area contributed by atoms with Gasteiger partial charge in [-0.05, 0) is 68.3 Å². The van der Waals surface area contributed by atoms with E-state index in [1.807, 2.05) is 0 Å². The number of ether oxygens (including phenoxy) is 5. The molecule has 54 heavy (non-hydrogen) atoms. The average molecular weight is 761 g/mol. The maximum absolute atomic E-state index is 13.1. The van der Waals surface area contributed by atoms with E-state index in [1.165, 1.54) is 43.3 Å². The summed E-state index contributed by atoms with van der Waals surface area (Å²) in [5.74, 6) is -0.566. The molecule has 11 N–H and O–H groups in total. The van der Waals surface area contributed by atoms with Gasteiger partial charge in [0, 0.05) is 30.1 Å². The van der Waals surface area contributed by atoms with Crippen molar-refractivity contribution in [2.75, 3.05) is 20.2 Å². The van der Waals surface area contributed by atoms with E-state index < -0.39 is 83.5 Å². The molecule has 1 aliphatic carbocycles. The number of alkyl carbamates (subject to hydrolysis) is 2. The van der Waals surface area contributed by atoms with Crippen LogP contribution in [0.1, 0.15) is 30.9 Å². The lowest BCUT2D eigenvalue weighted by Crippen LogP contribution is -2.69. The summed E-state index contributed by atoms with van der Waals surface area (Å²) in [5, 5.41) is 62.2. The van der Waals surface area contributed by atoms with E-state index in [-0.39, 0.29) is 56.4 Å². The van der Waals surface area contributed by atoms with Gasteiger partial charge in [-0.3, -0.25) is 10.1 Å². The fourth-order valence-electron chi connectivity index (χ4n) is 6.98. The molecule has 5 rings (SSSR count). The molecule has 0 bridgehead atoms. The largest absolute Gasteiger partial charge is 0.508 e. The predicted octanol–water partition coefficient (Wildman–Crippen LogP) is -0.0288. The van der Waals surface area contributed by atoms with Crippen LogP contribution < -0.4 is 27.4 Å². The molecule has 0 radical (unpaired) electrons. The van der Waals surface area contributed by atoms with Crippen LogP contribution in [0.5, 0.6) is 5.75 Å². The topological polar surface area (TPSA) is 292 Å². The highest BCUT2D eigenvalue weighted by atomic mass is 16.7. The van der Waals surface area contributed by atoms with Crippen molar-refractivity contribution in [1.82, 2.24) is 16.0 Å². The zero-order chi connectivity index (χ0) is 39.2. The minimum Gasteiger partial charge on any atom is -0.508 e. The van der Waals surface area contributed by atoms with Crippen LogP contribution in [-0.4, -0.2) is 118 Å². The number of nitrogens with one attached hydrogen (secondary N) is 3. The molecular formula is C35H48N6O13. The summed E-state index contributed by atoms with van der Waals surface area (Å²) in [6.45, 7) is 0.954. The van der Waals surface area contributed by atoms with E-state index in [0.717, 1.165) is 0 Å². The van der Waals surface area contributed by atoms with Gasteiger partial charge in [0.15, 0.2) is 6.29 Å². The smallest absolute Gasteiger partial charge is 0.407 e. The normalized spacial score (nSPS) is 32.4. The number of hydrogen-bond acceptors (Lipinski definition) is 16. The minimum absolute atomic E-state index is 0.0561. The molecule has 19 nitrogen and oxygen atoms in total. The average Bonchev–Trinajstić information content (AvgIpc) is 3.13. The molecule has 2 aliphatic heterocycles. The van der Waals surface area contributed by atoms with E-state index in [4.69, 9.17) is 35.2 Å². The molecular weight excluding hydrogens is 712 g/mol. The number of likely N-dealkylation sites (N-methyl/N-ethyl adjacent to an activating group) is 1. The summed E-state index contributed by atoms with van der Waals surface area (Å²) in [5.41, 5.74) is 12.7. The summed E-state index contributed by atoms with van der Waals surface area (Å²) in [7, 11) is 1.57. The lowest BCUT2D eigenvalue weighted by Gasteiger charge is -2.50. The number of aromatic hydroxyl groups is 1. The summed E-state index contributed by atoms with van der Waals surface area (Å²) >= 11 is 0. The SMILES string of the molecule is CN[C@@H]1[C@@H](O)[C@@H](O[C@@H]2[C@@H](O)[C@H](C3OC(CNC(=O)OCc4ccc(O)cc4)=CC[C@H]3NC(=O)OCc3ccc([N+](=O)[O-])cc3)[C@@H](N)C[C@H]2N)OC[C@]1(C)O. The Morgan fingerprint density at radius 3 is 2.26 bits per heavy atom. The number of carbonyl (C=O) groups is 2. The van der Waals surface area contributed by atoms with Crippen molar-refractivity contribution >= 4 is 17.9 Å². The highest BCUT2D eigenvalue weighted by Crippen LogP contribution is 2.36. The van der Waals surface area contributed by atoms with Crippen LogP contribution in [0.15, 0.2) is 60.4 Å². The van der Waals surface area contributed by atoms with Gasteiger partial charge in [-0.2, -0.15) is 0 Å². The number of aliphatic hydroxyl groups is 3. The quantitative estimate of drug-likeness (QED) is 0.101. The lowest BCUT2D eigenvalue weighted by molar-refractivity contribution is -0.384. The molecule has 2 aromatic carbocycles. The third kappa shape index (κ3) is 9.93. The number of amides is 2. The molecule has 1 unspecified atom stereocenters. The number of non-ortho nitro benzene ring substituents is 1. The van der Waals surface area contributed by atoms with Crippen molar-refractivity contribution in [3.63, 3.8) is 0 Å². The van der Waals surface area contributed by atoms with E-state index in [2.05, 4.69) is 16.0 Å². The number of phenols is 1. The minimum atomic E-state index is -1.41. The second kappa shape index (κ2) is 17.7. The molecule has 11 atom stereocenters. The number of aliphatic hydroxyl groups excluding tert-OH is 2. The maximum atomic E-state index is 13.1. The second-order valence-corrected chi connectivity index (χ2v) is 13.9. The monoisotopic (exact) mass is 760 g/mol. The van der Waals surface area contributed by atoms with Crippen molar-refractivity contribution in [3.8, 4) is 5.75 Å². The summed E-state index contributed by atoms with van der Waals surface area (Å²) in [4.78, 5) is 36.0. The van der Waals surface area contributed by atoms with Crippen molar-refractivity contribution in [2.24, 2.45) is 17.4 Å². The Morgan fingerprint density at radius 1 is 1.00 bits per heavy atom. The number of carbonyl (C=O) groups excluding carboxylic acids is 2. The first-order valence-corrected chi connectivity index (χ1v) is 17.4. The third-order valence-corrected chi connectivity index (χ3v) is 9.82. The van der Waals surface area contributed by atoms with Crippen molar-refractivity contribution < 1.29 is 58.6 Å². The van der Waals surface area contributed by atoms with Crippen molar-refractivity contribution in [1.29, 1.82) is 0 Å². The van der Waals surface area contributed by atoms with E-state index in [0.29, 0.717) is 11.1 Å². The van der Waals surface area contributed by atoms with Crippen LogP contribution in [0.4, 0.5) is 15.3 Å². The Kier molecular flexibility index (Phi) is 13.3. The number of rotatable bonds is 12. The molecule has 2 heterocycles. The van der Waals surface area contributed by atoms with E-state index in [1.54, 1.807) is 25.3 Å². The first kappa shape index (κ1) is 40.6. The number of nitrogens with two attached hydrogens (primary N) is 2. The van der Waals surface area contributed by atoms with Crippen molar-refractivity contribution in [3.05, 3.63) is 81.6 Å². The molecule has 2 fully saturated rings. The van der Waals surface area contributed by atoms with Crippen LogP contribution in [0.25, 0.3) is 0 Å². The predicted molar refractivity (Wildman–Crippen MR) is 188 cm³/mol. The molecule has 3 aliphatic rings. The van der Waals surface area contributed by atoms with E-state index >= 15 is 0 Å². The Bertz CT molecular complexity index is 1630. The first-order valence-electron chi connectivity index (χ1n) is 17.4. The van der Waals surface area contributed by atoms with Gasteiger partial charge in [-0.25, -0.2) is 9.59 Å². The third-order valence-electron chi connectivity index (χ3n) is 9.82. The molecule has 2 amide bonds. The molecule has 2 aromatic rings. The van der Waals surface area contributed by atoms with Crippen molar-refractivity contribution in [2.45, 2.75) is 93.5 Å². The zero-order valence-corrected chi connectivity index (χ0v) is 29.8. The molecule has 1 saturated carbocycles. The number of nitro groups is 1.